The maximum absolute atomic E-state index is 13.2. The lowest BCUT2D eigenvalue weighted by Gasteiger charge is -2.22. The van der Waals surface area contributed by atoms with Crippen molar-refractivity contribution < 1.29 is 8.42 Å². The molecule has 4 rings (SSSR count). The van der Waals surface area contributed by atoms with E-state index in [0.717, 1.165) is 28.2 Å². The zero-order chi connectivity index (χ0) is 17.4. The van der Waals surface area contributed by atoms with Crippen molar-refractivity contribution in [1.29, 1.82) is 0 Å². The average molecular weight is 417 g/mol. The topological polar surface area (TPSA) is 40.6 Å². The molecule has 0 unspecified atom stereocenters. The first-order valence-electron chi connectivity index (χ1n) is 8.10. The van der Waals surface area contributed by atoms with E-state index >= 15 is 0 Å². The maximum Gasteiger partial charge on any atom is 0.330 e. The number of alkyl halides is 1. The van der Waals surface area contributed by atoms with Crippen molar-refractivity contribution in [3.63, 3.8) is 0 Å². The lowest BCUT2D eigenvalue weighted by molar-refractivity contribution is 0.593. The van der Waals surface area contributed by atoms with Crippen LogP contribution in [0.2, 0.25) is 0 Å². The van der Waals surface area contributed by atoms with Crippen LogP contribution in [-0.2, 0) is 10.2 Å². The lowest BCUT2D eigenvalue weighted by atomic mass is 10.1. The number of fused-ring (bicyclic) bond motifs is 2. The minimum absolute atomic E-state index is 0.453. The summed E-state index contributed by atoms with van der Waals surface area (Å²) >= 11 is 3.39. The van der Waals surface area contributed by atoms with Gasteiger partial charge in [-0.1, -0.05) is 58.4 Å². The quantitative estimate of drug-likeness (QED) is 0.571. The second-order valence-electron chi connectivity index (χ2n) is 5.91. The highest BCUT2D eigenvalue weighted by atomic mass is 79.9. The van der Waals surface area contributed by atoms with Crippen molar-refractivity contribution in [2.24, 2.45) is 0 Å². The standard InChI is InChI=1S/C19H17BrN2O2S/c20-12-5-13-21-18-8-3-4-9-19(18)22(25(21,23)24)17-11-10-15-6-1-2-7-16(15)14-17/h1-4,6-11,14H,5,12-13H2. The molecular formula is C19H17BrN2O2S. The molecule has 4 nitrogen and oxygen atoms in total. The van der Waals surface area contributed by atoms with Crippen LogP contribution in [-0.4, -0.2) is 20.3 Å². The summed E-state index contributed by atoms with van der Waals surface area (Å²) in [6.07, 6.45) is 0.749. The molecule has 0 spiro atoms. The summed E-state index contributed by atoms with van der Waals surface area (Å²) in [6, 6.07) is 21.2. The van der Waals surface area contributed by atoms with Gasteiger partial charge in [0.2, 0.25) is 0 Å². The van der Waals surface area contributed by atoms with Gasteiger partial charge in [0, 0.05) is 11.9 Å². The number of halogens is 1. The van der Waals surface area contributed by atoms with Crippen molar-refractivity contribution in [1.82, 2.24) is 0 Å². The number of benzene rings is 3. The van der Waals surface area contributed by atoms with Crippen LogP contribution in [0.5, 0.6) is 0 Å². The Bertz CT molecular complexity index is 1040. The Hall–Kier alpha value is -2.05. The summed E-state index contributed by atoms with van der Waals surface area (Å²) in [6.45, 7) is 0.453. The third-order valence-electron chi connectivity index (χ3n) is 4.34. The van der Waals surface area contributed by atoms with Crippen LogP contribution in [0, 0.1) is 0 Å². The maximum atomic E-state index is 13.2. The molecule has 0 amide bonds. The summed E-state index contributed by atoms with van der Waals surface area (Å²) in [7, 11) is -3.64. The number of rotatable bonds is 4. The average Bonchev–Trinajstić information content (AvgIpc) is 2.85. The molecule has 0 fully saturated rings. The summed E-state index contributed by atoms with van der Waals surface area (Å²) in [4.78, 5) is 0. The first kappa shape index (κ1) is 16.4. The second kappa shape index (κ2) is 6.35. The molecule has 6 heteroatoms. The number of hydrogen-bond acceptors (Lipinski definition) is 2. The number of hydrogen-bond donors (Lipinski definition) is 0. The molecule has 3 aromatic carbocycles. The zero-order valence-corrected chi connectivity index (χ0v) is 15.9. The zero-order valence-electron chi connectivity index (χ0n) is 13.5. The fourth-order valence-electron chi connectivity index (χ4n) is 3.21. The smallest absolute Gasteiger partial charge is 0.251 e. The fourth-order valence-corrected chi connectivity index (χ4v) is 5.20. The third kappa shape index (κ3) is 2.69. The van der Waals surface area contributed by atoms with Crippen molar-refractivity contribution in [3.05, 3.63) is 66.7 Å². The Morgan fingerprint density at radius 3 is 2.28 bits per heavy atom. The molecule has 1 heterocycles. The Morgan fingerprint density at radius 2 is 1.52 bits per heavy atom. The van der Waals surface area contributed by atoms with Gasteiger partial charge in [-0.05, 0) is 41.5 Å². The van der Waals surface area contributed by atoms with E-state index in [4.69, 9.17) is 0 Å². The lowest BCUT2D eigenvalue weighted by Crippen LogP contribution is -2.36. The van der Waals surface area contributed by atoms with Crippen molar-refractivity contribution in [2.75, 3.05) is 20.5 Å². The molecular weight excluding hydrogens is 400 g/mol. The van der Waals surface area contributed by atoms with Crippen LogP contribution < -0.4 is 8.61 Å². The molecule has 1 aliphatic rings. The van der Waals surface area contributed by atoms with Crippen LogP contribution in [0.25, 0.3) is 10.8 Å². The van der Waals surface area contributed by atoms with Crippen molar-refractivity contribution >= 4 is 54.0 Å². The Kier molecular flexibility index (Phi) is 4.17. The molecule has 0 aromatic heterocycles. The van der Waals surface area contributed by atoms with E-state index in [2.05, 4.69) is 15.9 Å². The van der Waals surface area contributed by atoms with E-state index in [1.54, 1.807) is 0 Å². The van der Waals surface area contributed by atoms with Gasteiger partial charge in [-0.2, -0.15) is 8.42 Å². The van der Waals surface area contributed by atoms with Crippen LogP contribution in [0.3, 0.4) is 0 Å². The van der Waals surface area contributed by atoms with E-state index in [1.807, 2.05) is 66.7 Å². The predicted molar refractivity (Wildman–Crippen MR) is 107 cm³/mol. The van der Waals surface area contributed by atoms with Gasteiger partial charge >= 0.3 is 10.2 Å². The minimum atomic E-state index is -3.64. The molecule has 0 saturated heterocycles. The first-order valence-corrected chi connectivity index (χ1v) is 10.6. The van der Waals surface area contributed by atoms with Crippen molar-refractivity contribution in [2.45, 2.75) is 6.42 Å². The molecule has 1 aliphatic heterocycles. The molecule has 128 valence electrons. The van der Waals surface area contributed by atoms with Crippen LogP contribution >= 0.6 is 15.9 Å². The van der Waals surface area contributed by atoms with E-state index in [0.29, 0.717) is 17.9 Å². The van der Waals surface area contributed by atoms with E-state index < -0.39 is 10.2 Å². The fraction of sp³-hybridized carbons (Fsp3) is 0.158. The first-order chi connectivity index (χ1) is 12.1. The largest absolute Gasteiger partial charge is 0.330 e. The summed E-state index contributed by atoms with van der Waals surface area (Å²) in [5.41, 5.74) is 2.09. The molecule has 25 heavy (non-hydrogen) atoms. The number of anilines is 3. The van der Waals surface area contributed by atoms with Gasteiger partial charge in [0.1, 0.15) is 0 Å². The van der Waals surface area contributed by atoms with E-state index in [1.165, 1.54) is 8.61 Å². The summed E-state index contributed by atoms with van der Waals surface area (Å²) in [5, 5.41) is 2.87. The van der Waals surface area contributed by atoms with Crippen LogP contribution in [0.4, 0.5) is 17.1 Å². The van der Waals surface area contributed by atoms with E-state index in [9.17, 15) is 8.42 Å². The molecule has 0 saturated carbocycles. The third-order valence-corrected chi connectivity index (χ3v) is 6.71. The van der Waals surface area contributed by atoms with Crippen LogP contribution in [0.15, 0.2) is 66.7 Å². The van der Waals surface area contributed by atoms with Gasteiger partial charge in [0.25, 0.3) is 0 Å². The number of nitrogens with zero attached hydrogens (tertiary/aromatic N) is 2. The monoisotopic (exact) mass is 416 g/mol. The van der Waals surface area contributed by atoms with Crippen LogP contribution in [0.1, 0.15) is 6.42 Å². The highest BCUT2D eigenvalue weighted by molar-refractivity contribution is 9.09. The van der Waals surface area contributed by atoms with E-state index in [-0.39, 0.29) is 0 Å². The Labute approximate surface area is 156 Å². The summed E-state index contributed by atoms with van der Waals surface area (Å²) in [5.74, 6) is 0. The molecule has 0 aliphatic carbocycles. The van der Waals surface area contributed by atoms with Gasteiger partial charge in [0.05, 0.1) is 17.1 Å². The van der Waals surface area contributed by atoms with Gasteiger partial charge in [-0.15, -0.1) is 0 Å². The second-order valence-corrected chi connectivity index (χ2v) is 8.40. The normalized spacial score (nSPS) is 15.6. The van der Waals surface area contributed by atoms with Crippen molar-refractivity contribution in [3.8, 4) is 0 Å². The molecule has 0 N–H and O–H groups in total. The van der Waals surface area contributed by atoms with Gasteiger partial charge in [-0.3, -0.25) is 4.31 Å². The number of para-hydroxylation sites is 2. The Balaban J connectivity index is 1.87. The highest BCUT2D eigenvalue weighted by Gasteiger charge is 2.40. The molecule has 3 aromatic rings. The molecule has 0 atom stereocenters. The molecule has 0 radical (unpaired) electrons. The Morgan fingerprint density at radius 1 is 0.840 bits per heavy atom. The highest BCUT2D eigenvalue weighted by Crippen LogP contribution is 2.45. The molecule has 0 bridgehead atoms. The predicted octanol–water partition coefficient (Wildman–Crippen LogP) is 4.83. The minimum Gasteiger partial charge on any atom is -0.251 e. The van der Waals surface area contributed by atoms with Gasteiger partial charge < -0.3 is 0 Å². The summed E-state index contributed by atoms with van der Waals surface area (Å²) < 4.78 is 29.4. The van der Waals surface area contributed by atoms with Gasteiger partial charge in [0.15, 0.2) is 0 Å². The van der Waals surface area contributed by atoms with Gasteiger partial charge in [-0.25, -0.2) is 4.31 Å². The SMILES string of the molecule is O=S1(=O)N(CCCBr)c2ccccc2N1c1ccc2ccccc2c1.